The number of pyridine rings is 1. The number of fused-ring (bicyclic) bond motifs is 1. The number of carbonyl (C=O) groups is 1. The van der Waals surface area contributed by atoms with Gasteiger partial charge in [-0.1, -0.05) is 0 Å². The smallest absolute Gasteiger partial charge is 0.336 e. The van der Waals surface area contributed by atoms with Crippen molar-refractivity contribution in [3.63, 3.8) is 0 Å². The van der Waals surface area contributed by atoms with Crippen LogP contribution in [0.15, 0.2) is 12.3 Å². The number of nitrogens with zero attached hydrogens (tertiary/aromatic N) is 3. The summed E-state index contributed by atoms with van der Waals surface area (Å²) in [6.45, 7) is 3.96. The van der Waals surface area contributed by atoms with Gasteiger partial charge in [-0.2, -0.15) is 5.10 Å². The van der Waals surface area contributed by atoms with E-state index >= 15 is 0 Å². The summed E-state index contributed by atoms with van der Waals surface area (Å²) in [5.41, 5.74) is 0.709. The van der Waals surface area contributed by atoms with Crippen LogP contribution in [0.25, 0.3) is 11.0 Å². The normalized spacial score (nSPS) is 19.8. The molecule has 7 heteroatoms. The summed E-state index contributed by atoms with van der Waals surface area (Å²) >= 11 is 0. The lowest BCUT2D eigenvalue weighted by molar-refractivity contribution is 0.0699. The Labute approximate surface area is 109 Å². The van der Waals surface area contributed by atoms with Gasteiger partial charge in [-0.25, -0.2) is 9.78 Å². The van der Waals surface area contributed by atoms with Crippen LogP contribution in [0, 0.1) is 0 Å². The molecular weight excluding hydrogens is 248 g/mol. The third kappa shape index (κ3) is 2.01. The number of rotatable bonds is 2. The van der Waals surface area contributed by atoms with Crippen LogP contribution in [0.1, 0.15) is 17.3 Å². The van der Waals surface area contributed by atoms with Crippen LogP contribution in [0.3, 0.4) is 0 Å². The van der Waals surface area contributed by atoms with E-state index in [2.05, 4.69) is 20.1 Å². The SMILES string of the molecule is CC1COCCN1c1cc(C(=O)O)c2cn[nH]c2n1. The minimum absolute atomic E-state index is 0.170. The number of aromatic amines is 1. The average molecular weight is 262 g/mol. The molecule has 0 radical (unpaired) electrons. The molecule has 100 valence electrons. The fourth-order valence-corrected chi connectivity index (χ4v) is 2.31. The van der Waals surface area contributed by atoms with Crippen molar-refractivity contribution in [1.29, 1.82) is 0 Å². The van der Waals surface area contributed by atoms with Gasteiger partial charge in [0.1, 0.15) is 5.82 Å². The van der Waals surface area contributed by atoms with E-state index < -0.39 is 5.97 Å². The number of H-pyrrole nitrogens is 1. The molecule has 2 aromatic rings. The molecule has 1 atom stereocenters. The van der Waals surface area contributed by atoms with Crippen molar-refractivity contribution < 1.29 is 14.6 Å². The van der Waals surface area contributed by atoms with E-state index in [9.17, 15) is 9.90 Å². The highest BCUT2D eigenvalue weighted by atomic mass is 16.5. The van der Waals surface area contributed by atoms with E-state index in [0.29, 0.717) is 36.6 Å². The highest BCUT2D eigenvalue weighted by Gasteiger charge is 2.23. The van der Waals surface area contributed by atoms with Crippen molar-refractivity contribution in [1.82, 2.24) is 15.2 Å². The Morgan fingerprint density at radius 3 is 3.21 bits per heavy atom. The second kappa shape index (κ2) is 4.51. The Bertz CT molecular complexity index is 624. The number of carboxylic acids is 1. The number of carboxylic acid groups (broad SMARTS) is 1. The van der Waals surface area contributed by atoms with Gasteiger partial charge >= 0.3 is 5.97 Å². The first kappa shape index (κ1) is 11.9. The van der Waals surface area contributed by atoms with Gasteiger partial charge in [0.25, 0.3) is 0 Å². The van der Waals surface area contributed by atoms with E-state index in [0.717, 1.165) is 0 Å². The molecule has 0 amide bonds. The molecule has 7 nitrogen and oxygen atoms in total. The lowest BCUT2D eigenvalue weighted by atomic mass is 10.1. The van der Waals surface area contributed by atoms with Crippen molar-refractivity contribution in [3.05, 3.63) is 17.8 Å². The zero-order chi connectivity index (χ0) is 13.4. The number of aromatic nitrogens is 3. The predicted octanol–water partition coefficient (Wildman–Crippen LogP) is 0.881. The summed E-state index contributed by atoms with van der Waals surface area (Å²) < 4.78 is 5.38. The Hall–Kier alpha value is -2.15. The van der Waals surface area contributed by atoms with Crippen LogP contribution < -0.4 is 4.90 Å². The maximum absolute atomic E-state index is 11.3. The monoisotopic (exact) mass is 262 g/mol. The van der Waals surface area contributed by atoms with Gasteiger partial charge in [0, 0.05) is 6.54 Å². The second-order valence-corrected chi connectivity index (χ2v) is 4.58. The summed E-state index contributed by atoms with van der Waals surface area (Å²) in [6, 6.07) is 1.77. The molecule has 2 N–H and O–H groups in total. The molecule has 19 heavy (non-hydrogen) atoms. The molecule has 0 bridgehead atoms. The van der Waals surface area contributed by atoms with Crippen molar-refractivity contribution in [2.75, 3.05) is 24.7 Å². The third-order valence-corrected chi connectivity index (χ3v) is 3.30. The van der Waals surface area contributed by atoms with Crippen LogP contribution >= 0.6 is 0 Å². The molecular formula is C12H14N4O3. The highest BCUT2D eigenvalue weighted by molar-refractivity contribution is 6.02. The summed E-state index contributed by atoms with van der Waals surface area (Å²) in [5, 5.41) is 16.4. The molecule has 1 aliphatic heterocycles. The number of hydrogen-bond donors (Lipinski definition) is 2. The zero-order valence-corrected chi connectivity index (χ0v) is 10.5. The fourth-order valence-electron chi connectivity index (χ4n) is 2.31. The lowest BCUT2D eigenvalue weighted by Crippen LogP contribution is -2.44. The Morgan fingerprint density at radius 2 is 2.47 bits per heavy atom. The van der Waals surface area contributed by atoms with E-state index in [1.54, 1.807) is 6.07 Å². The largest absolute Gasteiger partial charge is 0.478 e. The Kier molecular flexibility index (Phi) is 2.83. The Morgan fingerprint density at radius 1 is 1.63 bits per heavy atom. The van der Waals surface area contributed by atoms with Crippen LogP contribution in [-0.4, -0.2) is 52.1 Å². The van der Waals surface area contributed by atoms with Gasteiger partial charge < -0.3 is 14.7 Å². The Balaban J connectivity index is 2.10. The molecule has 3 heterocycles. The quantitative estimate of drug-likeness (QED) is 0.834. The zero-order valence-electron chi connectivity index (χ0n) is 10.5. The van der Waals surface area contributed by atoms with E-state index in [1.165, 1.54) is 6.20 Å². The topological polar surface area (TPSA) is 91.3 Å². The first-order valence-corrected chi connectivity index (χ1v) is 6.08. The summed E-state index contributed by atoms with van der Waals surface area (Å²) in [5.74, 6) is -0.332. The van der Waals surface area contributed by atoms with Gasteiger partial charge in [-0.3, -0.25) is 5.10 Å². The number of hydrogen-bond acceptors (Lipinski definition) is 5. The molecule has 1 saturated heterocycles. The summed E-state index contributed by atoms with van der Waals surface area (Å²) in [6.07, 6.45) is 1.48. The van der Waals surface area contributed by atoms with Gasteiger partial charge in [0.05, 0.1) is 36.4 Å². The van der Waals surface area contributed by atoms with E-state index in [-0.39, 0.29) is 11.6 Å². The van der Waals surface area contributed by atoms with Crippen molar-refractivity contribution >= 4 is 22.8 Å². The minimum Gasteiger partial charge on any atom is -0.478 e. The molecule has 1 aliphatic rings. The second-order valence-electron chi connectivity index (χ2n) is 4.58. The molecule has 1 unspecified atom stereocenters. The predicted molar refractivity (Wildman–Crippen MR) is 68.5 cm³/mol. The van der Waals surface area contributed by atoms with Gasteiger partial charge in [-0.15, -0.1) is 0 Å². The van der Waals surface area contributed by atoms with Crippen molar-refractivity contribution in [2.24, 2.45) is 0 Å². The maximum Gasteiger partial charge on any atom is 0.336 e. The standard InChI is InChI=1S/C12H14N4O3/c1-7-6-19-3-2-16(7)10-4-8(12(17)18)9-5-13-15-11(9)14-10/h4-5,7H,2-3,6H2,1H3,(H,17,18)(H,13,14,15). The number of nitrogens with one attached hydrogen (secondary N) is 1. The molecule has 0 aromatic carbocycles. The van der Waals surface area contributed by atoms with E-state index in [4.69, 9.17) is 4.74 Å². The molecule has 0 saturated carbocycles. The minimum atomic E-state index is -0.976. The number of anilines is 1. The van der Waals surface area contributed by atoms with E-state index in [1.807, 2.05) is 6.92 Å². The fraction of sp³-hybridized carbons (Fsp3) is 0.417. The molecule has 2 aromatic heterocycles. The van der Waals surface area contributed by atoms with Gasteiger partial charge in [0.15, 0.2) is 5.65 Å². The first-order valence-electron chi connectivity index (χ1n) is 6.08. The van der Waals surface area contributed by atoms with Gasteiger partial charge in [0.2, 0.25) is 0 Å². The summed E-state index contributed by atoms with van der Waals surface area (Å²) in [4.78, 5) is 17.8. The first-order chi connectivity index (χ1) is 9.16. The van der Waals surface area contributed by atoms with Crippen LogP contribution in [-0.2, 0) is 4.74 Å². The average Bonchev–Trinajstić information content (AvgIpc) is 2.86. The van der Waals surface area contributed by atoms with Crippen LogP contribution in [0.4, 0.5) is 5.82 Å². The van der Waals surface area contributed by atoms with Crippen LogP contribution in [0.5, 0.6) is 0 Å². The molecule has 0 spiro atoms. The third-order valence-electron chi connectivity index (χ3n) is 3.30. The molecule has 1 fully saturated rings. The van der Waals surface area contributed by atoms with Crippen LogP contribution in [0.2, 0.25) is 0 Å². The number of ether oxygens (including phenoxy) is 1. The van der Waals surface area contributed by atoms with Gasteiger partial charge in [-0.05, 0) is 13.0 Å². The summed E-state index contributed by atoms with van der Waals surface area (Å²) in [7, 11) is 0. The highest BCUT2D eigenvalue weighted by Crippen LogP contribution is 2.24. The van der Waals surface area contributed by atoms with Crippen molar-refractivity contribution in [3.8, 4) is 0 Å². The van der Waals surface area contributed by atoms with Crippen molar-refractivity contribution in [2.45, 2.75) is 13.0 Å². The lowest BCUT2D eigenvalue weighted by Gasteiger charge is -2.34. The number of aromatic carboxylic acids is 1. The maximum atomic E-state index is 11.3. The molecule has 0 aliphatic carbocycles. The number of morpholine rings is 1. The molecule has 3 rings (SSSR count).